The van der Waals surface area contributed by atoms with Crippen molar-refractivity contribution in [2.75, 3.05) is 5.75 Å². The highest BCUT2D eigenvalue weighted by molar-refractivity contribution is 7.99. The summed E-state index contributed by atoms with van der Waals surface area (Å²) in [5, 5.41) is 12.6. The number of rotatable bonds is 4. The fourth-order valence-electron chi connectivity index (χ4n) is 1.06. The average Bonchev–Trinajstić information content (AvgIpc) is 2.80. The molecule has 0 atom stereocenters. The van der Waals surface area contributed by atoms with E-state index in [1.807, 2.05) is 0 Å². The van der Waals surface area contributed by atoms with Crippen molar-refractivity contribution >= 4 is 17.7 Å². The Bertz CT molecular complexity index is 467. The summed E-state index contributed by atoms with van der Waals surface area (Å²) < 4.78 is 1.61. The molecule has 0 radical (unpaired) electrons. The first-order chi connectivity index (χ1) is 7.75. The molecule has 0 spiro atoms. The fraction of sp³-hybridized carbons (Fsp3) is 0.111. The summed E-state index contributed by atoms with van der Waals surface area (Å²) in [6.07, 6.45) is 3.44. The molecule has 1 amide bonds. The van der Waals surface area contributed by atoms with Crippen LogP contribution in [0.1, 0.15) is 0 Å². The molecular weight excluding hydrogens is 226 g/mol. The van der Waals surface area contributed by atoms with Crippen LogP contribution in [-0.4, -0.2) is 31.6 Å². The van der Waals surface area contributed by atoms with Gasteiger partial charge in [0.15, 0.2) is 5.82 Å². The topological polar surface area (TPSA) is 86.7 Å². The van der Waals surface area contributed by atoms with Gasteiger partial charge < -0.3 is 5.73 Å². The first-order valence-electron chi connectivity index (χ1n) is 4.50. The zero-order chi connectivity index (χ0) is 11.4. The van der Waals surface area contributed by atoms with Crippen molar-refractivity contribution in [2.24, 2.45) is 5.73 Å². The lowest BCUT2D eigenvalue weighted by Crippen LogP contribution is -2.13. The van der Waals surface area contributed by atoms with Gasteiger partial charge in [-0.15, -0.1) is 10.2 Å². The number of thioether (sulfide) groups is 1. The molecule has 2 aromatic heterocycles. The molecule has 0 aliphatic heterocycles. The number of nitrogens with two attached hydrogens (primary N) is 1. The van der Waals surface area contributed by atoms with Crippen LogP contribution in [0.3, 0.4) is 0 Å². The van der Waals surface area contributed by atoms with Gasteiger partial charge in [0, 0.05) is 12.4 Å². The molecule has 7 heteroatoms. The lowest BCUT2D eigenvalue weighted by Gasteiger charge is -2.00. The molecule has 2 heterocycles. The molecule has 2 rings (SSSR count). The van der Waals surface area contributed by atoms with Crippen molar-refractivity contribution in [3.8, 4) is 5.82 Å². The van der Waals surface area contributed by atoms with Gasteiger partial charge in [0.05, 0.1) is 5.75 Å². The predicted octanol–water partition coefficient (Wildman–Crippen LogP) is 0.240. The van der Waals surface area contributed by atoms with Gasteiger partial charge in [0.1, 0.15) is 5.03 Å². The molecule has 2 aromatic rings. The van der Waals surface area contributed by atoms with Crippen LogP contribution >= 0.6 is 11.8 Å². The summed E-state index contributed by atoms with van der Waals surface area (Å²) in [7, 11) is 0. The smallest absolute Gasteiger partial charge is 0.227 e. The average molecular weight is 235 g/mol. The Balaban J connectivity index is 2.08. The first-order valence-corrected chi connectivity index (χ1v) is 5.49. The van der Waals surface area contributed by atoms with E-state index in [-0.39, 0.29) is 11.7 Å². The van der Waals surface area contributed by atoms with Crippen molar-refractivity contribution in [3.05, 3.63) is 30.6 Å². The third-order valence-electron chi connectivity index (χ3n) is 1.73. The zero-order valence-corrected chi connectivity index (χ0v) is 9.09. The van der Waals surface area contributed by atoms with Crippen molar-refractivity contribution in [1.82, 2.24) is 20.0 Å². The number of primary amides is 1. The number of hydrogen-bond acceptors (Lipinski definition) is 5. The normalized spacial score (nSPS) is 10.2. The molecule has 6 nitrogen and oxygen atoms in total. The number of aromatic nitrogens is 4. The van der Waals surface area contributed by atoms with Gasteiger partial charge in [-0.25, -0.2) is 4.68 Å². The minimum atomic E-state index is -0.372. The van der Waals surface area contributed by atoms with Crippen molar-refractivity contribution in [1.29, 1.82) is 0 Å². The van der Waals surface area contributed by atoms with Gasteiger partial charge in [-0.05, 0) is 18.2 Å². The maximum Gasteiger partial charge on any atom is 0.227 e. The van der Waals surface area contributed by atoms with Gasteiger partial charge >= 0.3 is 0 Å². The van der Waals surface area contributed by atoms with E-state index >= 15 is 0 Å². The largest absolute Gasteiger partial charge is 0.369 e. The highest BCUT2D eigenvalue weighted by atomic mass is 32.2. The van der Waals surface area contributed by atoms with Crippen LogP contribution in [0.25, 0.3) is 5.82 Å². The monoisotopic (exact) mass is 235 g/mol. The molecule has 0 unspecified atom stereocenters. The maximum atomic E-state index is 10.6. The third kappa shape index (κ3) is 2.57. The second kappa shape index (κ2) is 4.75. The van der Waals surface area contributed by atoms with E-state index in [4.69, 9.17) is 5.73 Å². The molecule has 0 aromatic carbocycles. The summed E-state index contributed by atoms with van der Waals surface area (Å²) in [6.45, 7) is 0. The van der Waals surface area contributed by atoms with Crippen molar-refractivity contribution < 1.29 is 4.79 Å². The maximum absolute atomic E-state index is 10.6. The van der Waals surface area contributed by atoms with Gasteiger partial charge in [0.25, 0.3) is 0 Å². The highest BCUT2D eigenvalue weighted by Crippen LogP contribution is 2.14. The van der Waals surface area contributed by atoms with Gasteiger partial charge in [-0.3, -0.25) is 4.79 Å². The SMILES string of the molecule is NC(=O)CSc1ccc(-n2cccn2)nn1. The number of amides is 1. The molecule has 0 bridgehead atoms. The highest BCUT2D eigenvalue weighted by Gasteiger charge is 2.02. The van der Waals surface area contributed by atoms with Crippen LogP contribution in [-0.2, 0) is 4.79 Å². The molecule has 2 N–H and O–H groups in total. The quantitative estimate of drug-likeness (QED) is 0.767. The summed E-state index contributed by atoms with van der Waals surface area (Å²) in [5.41, 5.74) is 5.03. The molecule has 0 fully saturated rings. The van der Waals surface area contributed by atoms with E-state index in [2.05, 4.69) is 15.3 Å². The second-order valence-corrected chi connectivity index (χ2v) is 3.93. The molecule has 0 aliphatic rings. The molecule has 16 heavy (non-hydrogen) atoms. The Kier molecular flexibility index (Phi) is 3.16. The Morgan fingerprint density at radius 3 is 2.88 bits per heavy atom. The Morgan fingerprint density at radius 1 is 1.44 bits per heavy atom. The van der Waals surface area contributed by atoms with Crippen molar-refractivity contribution in [2.45, 2.75) is 5.03 Å². The minimum absolute atomic E-state index is 0.204. The van der Waals surface area contributed by atoms with E-state index in [9.17, 15) is 4.79 Å². The van der Waals surface area contributed by atoms with Crippen LogP contribution < -0.4 is 5.73 Å². The first kappa shape index (κ1) is 10.6. The van der Waals surface area contributed by atoms with E-state index < -0.39 is 0 Å². The standard InChI is InChI=1S/C9H9N5OS/c10-7(15)6-16-9-3-2-8(12-13-9)14-5-1-4-11-14/h1-5H,6H2,(H2,10,15). The van der Waals surface area contributed by atoms with Crippen LogP contribution in [0, 0.1) is 0 Å². The van der Waals surface area contributed by atoms with Crippen LogP contribution in [0.2, 0.25) is 0 Å². The lowest BCUT2D eigenvalue weighted by atomic mass is 10.5. The molecule has 0 aliphatic carbocycles. The molecule has 0 saturated heterocycles. The molecular formula is C9H9N5OS. The summed E-state index contributed by atoms with van der Waals surface area (Å²) in [6, 6.07) is 5.36. The second-order valence-electron chi connectivity index (χ2n) is 2.94. The Morgan fingerprint density at radius 2 is 2.31 bits per heavy atom. The van der Waals surface area contributed by atoms with E-state index in [0.717, 1.165) is 0 Å². The zero-order valence-electron chi connectivity index (χ0n) is 8.28. The van der Waals surface area contributed by atoms with Crippen LogP contribution in [0.15, 0.2) is 35.6 Å². The number of carbonyl (C=O) groups excluding carboxylic acids is 1. The lowest BCUT2D eigenvalue weighted by molar-refractivity contribution is -0.115. The number of nitrogens with zero attached hydrogens (tertiary/aromatic N) is 4. The van der Waals surface area contributed by atoms with Gasteiger partial charge in [-0.2, -0.15) is 5.10 Å². The number of carbonyl (C=O) groups is 1. The van der Waals surface area contributed by atoms with E-state index in [0.29, 0.717) is 10.8 Å². The summed E-state index contributed by atoms with van der Waals surface area (Å²) in [5.74, 6) is 0.465. The molecule has 0 saturated carbocycles. The third-order valence-corrected chi connectivity index (χ3v) is 2.67. The summed E-state index contributed by atoms with van der Waals surface area (Å²) >= 11 is 1.26. The summed E-state index contributed by atoms with van der Waals surface area (Å²) in [4.78, 5) is 10.6. The van der Waals surface area contributed by atoms with Gasteiger partial charge in [-0.1, -0.05) is 11.8 Å². The molecule has 82 valence electrons. The van der Waals surface area contributed by atoms with Crippen LogP contribution in [0.5, 0.6) is 0 Å². The van der Waals surface area contributed by atoms with Crippen molar-refractivity contribution in [3.63, 3.8) is 0 Å². The Hall–Kier alpha value is -1.89. The van der Waals surface area contributed by atoms with E-state index in [1.165, 1.54) is 11.8 Å². The fourth-order valence-corrected chi connectivity index (χ4v) is 1.61. The van der Waals surface area contributed by atoms with Crippen LogP contribution in [0.4, 0.5) is 0 Å². The predicted molar refractivity (Wildman–Crippen MR) is 59.1 cm³/mol. The minimum Gasteiger partial charge on any atom is -0.369 e. The number of hydrogen-bond donors (Lipinski definition) is 1. The van der Waals surface area contributed by atoms with E-state index in [1.54, 1.807) is 35.3 Å². The van der Waals surface area contributed by atoms with Gasteiger partial charge in [0.2, 0.25) is 5.91 Å². The Labute approximate surface area is 95.9 Å².